The van der Waals surface area contributed by atoms with Crippen LogP contribution in [0.15, 0.2) is 46.8 Å². The van der Waals surface area contributed by atoms with Crippen LogP contribution in [-0.2, 0) is 14.3 Å². The highest BCUT2D eigenvalue weighted by Gasteiger charge is 2.43. The van der Waals surface area contributed by atoms with Gasteiger partial charge in [-0.15, -0.1) is 0 Å². The quantitative estimate of drug-likeness (QED) is 0.445. The number of hydrogen-bond donors (Lipinski definition) is 1. The minimum absolute atomic E-state index is 0.0837. The van der Waals surface area contributed by atoms with E-state index < -0.39 is 5.92 Å². The van der Waals surface area contributed by atoms with Crippen LogP contribution in [-0.4, -0.2) is 25.0 Å². The standard InChI is InChI=1S/C26H35NO4/c1-6-8-14-31-25(29)22-17(3)27-19-15-26(4,5)16-20(28)24(19)23(22)18-11-9-10-12-21(18)30-13-7-2/h9-12,23,27H,6-8,13-16H2,1-5H3. The molecule has 5 nitrogen and oxygen atoms in total. The van der Waals surface area contributed by atoms with Gasteiger partial charge in [0.25, 0.3) is 0 Å². The van der Waals surface area contributed by atoms with Crippen LogP contribution >= 0.6 is 0 Å². The second-order valence-corrected chi connectivity index (χ2v) is 9.31. The number of allylic oxidation sites excluding steroid dienone is 3. The lowest BCUT2D eigenvalue weighted by molar-refractivity contribution is -0.139. The predicted molar refractivity (Wildman–Crippen MR) is 122 cm³/mol. The van der Waals surface area contributed by atoms with Crippen molar-refractivity contribution in [1.82, 2.24) is 5.32 Å². The summed E-state index contributed by atoms with van der Waals surface area (Å²) >= 11 is 0. The molecule has 1 heterocycles. The molecule has 1 aromatic rings. The van der Waals surface area contributed by atoms with E-state index >= 15 is 0 Å². The summed E-state index contributed by atoms with van der Waals surface area (Å²) in [6.07, 6.45) is 3.86. The van der Waals surface area contributed by atoms with Crippen molar-refractivity contribution in [3.05, 3.63) is 52.4 Å². The van der Waals surface area contributed by atoms with Gasteiger partial charge in [-0.3, -0.25) is 4.79 Å². The number of hydrogen-bond acceptors (Lipinski definition) is 5. The highest BCUT2D eigenvalue weighted by Crippen LogP contribution is 2.48. The maximum atomic E-state index is 13.4. The predicted octanol–water partition coefficient (Wildman–Crippen LogP) is 5.42. The Bertz CT molecular complexity index is 910. The highest BCUT2D eigenvalue weighted by atomic mass is 16.5. The zero-order valence-electron chi connectivity index (χ0n) is 19.5. The van der Waals surface area contributed by atoms with E-state index in [1.54, 1.807) is 0 Å². The summed E-state index contributed by atoms with van der Waals surface area (Å²) in [5.41, 5.74) is 3.58. The highest BCUT2D eigenvalue weighted by molar-refractivity contribution is 6.04. The lowest BCUT2D eigenvalue weighted by atomic mass is 9.68. The maximum absolute atomic E-state index is 13.4. The van der Waals surface area contributed by atoms with Crippen molar-refractivity contribution in [2.75, 3.05) is 13.2 Å². The van der Waals surface area contributed by atoms with Crippen LogP contribution < -0.4 is 10.1 Å². The van der Waals surface area contributed by atoms with Crippen molar-refractivity contribution in [2.24, 2.45) is 5.41 Å². The molecule has 0 bridgehead atoms. The van der Waals surface area contributed by atoms with Crippen molar-refractivity contribution in [3.63, 3.8) is 0 Å². The third kappa shape index (κ3) is 5.03. The van der Waals surface area contributed by atoms with Gasteiger partial charge in [0.1, 0.15) is 5.75 Å². The van der Waals surface area contributed by atoms with Gasteiger partial charge in [0.15, 0.2) is 5.78 Å². The Balaban J connectivity index is 2.12. The number of ether oxygens (including phenoxy) is 2. The summed E-state index contributed by atoms with van der Waals surface area (Å²) in [7, 11) is 0. The number of dihydropyridines is 1. The largest absolute Gasteiger partial charge is 0.493 e. The molecular formula is C26H35NO4. The monoisotopic (exact) mass is 425 g/mol. The topological polar surface area (TPSA) is 64.6 Å². The first-order chi connectivity index (χ1) is 14.8. The number of rotatable bonds is 8. The number of Topliss-reactive ketones (excluding diaryl/α,β-unsaturated/α-hetero) is 1. The molecule has 0 fully saturated rings. The van der Waals surface area contributed by atoms with Crippen molar-refractivity contribution >= 4 is 11.8 Å². The normalized spacial score (nSPS) is 20.3. The van der Waals surface area contributed by atoms with Gasteiger partial charge in [0.2, 0.25) is 0 Å². The number of unbranched alkanes of at least 4 members (excludes halogenated alkanes) is 1. The Hall–Kier alpha value is -2.56. The number of esters is 1. The first kappa shape index (κ1) is 23.1. The molecule has 1 atom stereocenters. The fourth-order valence-electron chi connectivity index (χ4n) is 4.47. The molecule has 168 valence electrons. The zero-order chi connectivity index (χ0) is 22.6. The maximum Gasteiger partial charge on any atom is 0.336 e. The van der Waals surface area contributed by atoms with Crippen LogP contribution in [0.25, 0.3) is 0 Å². The molecule has 1 aromatic carbocycles. The molecule has 3 rings (SSSR count). The van der Waals surface area contributed by atoms with Crippen molar-refractivity contribution < 1.29 is 19.1 Å². The Labute approximate surface area is 185 Å². The molecule has 2 aliphatic rings. The fourth-order valence-corrected chi connectivity index (χ4v) is 4.47. The molecule has 1 unspecified atom stereocenters. The lowest BCUT2D eigenvalue weighted by Crippen LogP contribution is -2.38. The number of carbonyl (C=O) groups excluding carboxylic acids is 2. The van der Waals surface area contributed by atoms with Crippen LogP contribution in [0.4, 0.5) is 0 Å². The van der Waals surface area contributed by atoms with Crippen molar-refractivity contribution in [2.45, 2.75) is 72.6 Å². The molecule has 1 aliphatic heterocycles. The fraction of sp³-hybridized carbons (Fsp3) is 0.538. The van der Waals surface area contributed by atoms with Crippen molar-refractivity contribution in [3.8, 4) is 5.75 Å². The van der Waals surface area contributed by atoms with Crippen LogP contribution in [0, 0.1) is 5.41 Å². The molecule has 1 aliphatic carbocycles. The van der Waals surface area contributed by atoms with E-state index in [1.165, 1.54) is 0 Å². The Morgan fingerprint density at radius 2 is 1.87 bits per heavy atom. The molecule has 31 heavy (non-hydrogen) atoms. The molecular weight excluding hydrogens is 390 g/mol. The lowest BCUT2D eigenvalue weighted by Gasteiger charge is -2.39. The van der Waals surface area contributed by atoms with Crippen LogP contribution in [0.5, 0.6) is 5.75 Å². The number of carbonyl (C=O) groups is 2. The summed E-state index contributed by atoms with van der Waals surface area (Å²) in [5, 5.41) is 3.38. The van der Waals surface area contributed by atoms with Crippen LogP contribution in [0.1, 0.15) is 78.2 Å². The van der Waals surface area contributed by atoms with Gasteiger partial charge in [-0.2, -0.15) is 0 Å². The van der Waals surface area contributed by atoms with E-state index in [0.29, 0.717) is 36.5 Å². The van der Waals surface area contributed by atoms with E-state index in [0.717, 1.165) is 42.6 Å². The molecule has 1 N–H and O–H groups in total. The summed E-state index contributed by atoms with van der Waals surface area (Å²) in [4.78, 5) is 26.6. The number of benzene rings is 1. The number of para-hydroxylation sites is 1. The van der Waals surface area contributed by atoms with Gasteiger partial charge < -0.3 is 14.8 Å². The van der Waals surface area contributed by atoms with Gasteiger partial charge in [0.05, 0.1) is 24.7 Å². The van der Waals surface area contributed by atoms with Gasteiger partial charge in [-0.25, -0.2) is 4.79 Å². The Morgan fingerprint density at radius 3 is 2.58 bits per heavy atom. The summed E-state index contributed by atoms with van der Waals surface area (Å²) in [6, 6.07) is 7.74. The third-order valence-corrected chi connectivity index (χ3v) is 5.88. The number of nitrogens with one attached hydrogen (secondary N) is 1. The summed E-state index contributed by atoms with van der Waals surface area (Å²) in [6.45, 7) is 11.2. The second-order valence-electron chi connectivity index (χ2n) is 9.31. The molecule has 0 aromatic heterocycles. The number of ketones is 1. The van der Waals surface area contributed by atoms with Gasteiger partial charge in [0, 0.05) is 29.0 Å². The van der Waals surface area contributed by atoms with Crippen molar-refractivity contribution in [1.29, 1.82) is 0 Å². The molecule has 0 radical (unpaired) electrons. The SMILES string of the molecule is CCCCOC(=O)C1=C(C)NC2=C(C(=O)CC(C)(C)C2)C1c1ccccc1OCCC. The van der Waals surface area contributed by atoms with E-state index in [1.807, 2.05) is 31.2 Å². The molecule has 0 saturated carbocycles. The van der Waals surface area contributed by atoms with Crippen LogP contribution in [0.2, 0.25) is 0 Å². The third-order valence-electron chi connectivity index (χ3n) is 5.88. The molecule has 0 saturated heterocycles. The van der Waals surface area contributed by atoms with E-state index in [-0.39, 0.29) is 17.2 Å². The average Bonchev–Trinajstić information content (AvgIpc) is 2.70. The zero-order valence-corrected chi connectivity index (χ0v) is 19.5. The van der Waals surface area contributed by atoms with E-state index in [2.05, 4.69) is 33.0 Å². The molecule has 0 amide bonds. The van der Waals surface area contributed by atoms with Gasteiger partial charge in [-0.05, 0) is 37.7 Å². The molecule has 5 heteroatoms. The minimum Gasteiger partial charge on any atom is -0.493 e. The summed E-state index contributed by atoms with van der Waals surface area (Å²) in [5.74, 6) is -0.0484. The van der Waals surface area contributed by atoms with E-state index in [9.17, 15) is 9.59 Å². The first-order valence-corrected chi connectivity index (χ1v) is 11.4. The van der Waals surface area contributed by atoms with Gasteiger partial charge >= 0.3 is 5.97 Å². The Kier molecular flexibility index (Phi) is 7.24. The first-order valence-electron chi connectivity index (χ1n) is 11.4. The van der Waals surface area contributed by atoms with E-state index in [4.69, 9.17) is 9.47 Å². The Morgan fingerprint density at radius 1 is 1.13 bits per heavy atom. The molecule has 0 spiro atoms. The average molecular weight is 426 g/mol. The van der Waals surface area contributed by atoms with Gasteiger partial charge in [-0.1, -0.05) is 52.3 Å². The van der Waals surface area contributed by atoms with Crippen LogP contribution in [0.3, 0.4) is 0 Å². The second kappa shape index (κ2) is 9.71. The smallest absolute Gasteiger partial charge is 0.336 e. The minimum atomic E-state index is -0.484. The summed E-state index contributed by atoms with van der Waals surface area (Å²) < 4.78 is 11.6.